The summed E-state index contributed by atoms with van der Waals surface area (Å²) in [4.78, 5) is 42.9. The number of imide groups is 1. The molecule has 0 spiro atoms. The third-order valence-electron chi connectivity index (χ3n) is 1.42. The number of rotatable bonds is 3. The van der Waals surface area contributed by atoms with E-state index < -0.39 is 23.5 Å². The summed E-state index contributed by atoms with van der Waals surface area (Å²) in [5.74, 6) is -2.95. The molecule has 0 bridgehead atoms. The van der Waals surface area contributed by atoms with Crippen molar-refractivity contribution in [2.45, 2.75) is 0 Å². The first kappa shape index (κ1) is 9.85. The maximum absolute atomic E-state index is 11.1. The number of ketones is 1. The number of amides is 3. The Labute approximate surface area is 78.4 Å². The topological polar surface area (TPSA) is 106 Å². The molecule has 1 aliphatic heterocycles. The Balaban J connectivity index is 2.81. The van der Waals surface area contributed by atoms with Crippen molar-refractivity contribution in [3.05, 3.63) is 23.8 Å². The molecule has 0 saturated carbocycles. The van der Waals surface area contributed by atoms with Gasteiger partial charge in [-0.1, -0.05) is 0 Å². The van der Waals surface area contributed by atoms with Gasteiger partial charge in [-0.15, -0.1) is 0 Å². The molecule has 72 valence electrons. The number of hydrogen-bond acceptors (Lipinski definition) is 4. The highest BCUT2D eigenvalue weighted by Crippen LogP contribution is 2.04. The molecule has 0 unspecified atom stereocenters. The van der Waals surface area contributed by atoms with Gasteiger partial charge >= 0.3 is 0 Å². The first-order chi connectivity index (χ1) is 6.50. The number of carbonyl (C=O) groups excluding carboxylic acids is 4. The monoisotopic (exact) mass is 194 g/mol. The minimum absolute atomic E-state index is 0.299. The molecule has 1 heterocycles. The molecule has 0 aliphatic carbocycles. The van der Waals surface area contributed by atoms with Gasteiger partial charge in [0.1, 0.15) is 0 Å². The molecule has 3 amide bonds. The third-order valence-corrected chi connectivity index (χ3v) is 1.42. The molecule has 14 heavy (non-hydrogen) atoms. The van der Waals surface area contributed by atoms with Crippen LogP contribution in [0.3, 0.4) is 0 Å². The lowest BCUT2D eigenvalue weighted by molar-refractivity contribution is -0.124. The van der Waals surface area contributed by atoms with Crippen LogP contribution in [0.4, 0.5) is 0 Å². The zero-order valence-corrected chi connectivity index (χ0v) is 6.94. The second kappa shape index (κ2) is 3.65. The van der Waals surface area contributed by atoms with E-state index in [0.29, 0.717) is 0 Å². The minimum atomic E-state index is -0.802. The number of primary amides is 1. The zero-order valence-electron chi connectivity index (χ0n) is 6.94. The highest BCUT2D eigenvalue weighted by molar-refractivity contribution is 6.32. The second-order valence-electron chi connectivity index (χ2n) is 2.48. The predicted molar refractivity (Wildman–Crippen MR) is 44.6 cm³/mol. The van der Waals surface area contributed by atoms with Gasteiger partial charge in [-0.2, -0.15) is 0 Å². The Kier molecular flexibility index (Phi) is 2.57. The number of nitrogens with one attached hydrogen (secondary N) is 1. The molecule has 0 saturated heterocycles. The van der Waals surface area contributed by atoms with Crippen molar-refractivity contribution in [2.24, 2.45) is 5.73 Å². The van der Waals surface area contributed by atoms with Crippen LogP contribution in [0.25, 0.3) is 0 Å². The first-order valence-electron chi connectivity index (χ1n) is 3.59. The van der Waals surface area contributed by atoms with Crippen LogP contribution < -0.4 is 11.1 Å². The Hall–Kier alpha value is -2.24. The van der Waals surface area contributed by atoms with Gasteiger partial charge in [-0.3, -0.25) is 24.5 Å². The summed E-state index contributed by atoms with van der Waals surface area (Å²) in [5, 5.41) is 1.89. The smallest absolute Gasteiger partial charge is 0.262 e. The lowest BCUT2D eigenvalue weighted by atomic mass is 10.1. The van der Waals surface area contributed by atoms with Crippen LogP contribution in [0.5, 0.6) is 0 Å². The molecule has 0 atom stereocenters. The summed E-state index contributed by atoms with van der Waals surface area (Å²) in [7, 11) is 0. The molecule has 1 rings (SSSR count). The van der Waals surface area contributed by atoms with E-state index in [9.17, 15) is 19.2 Å². The quantitative estimate of drug-likeness (QED) is 0.313. The Morgan fingerprint density at radius 3 is 2.36 bits per heavy atom. The van der Waals surface area contributed by atoms with Gasteiger partial charge in [-0.05, 0) is 6.08 Å². The molecule has 0 radical (unpaired) electrons. The second-order valence-corrected chi connectivity index (χ2v) is 2.48. The Morgan fingerprint density at radius 2 is 1.93 bits per heavy atom. The maximum Gasteiger partial charge on any atom is 0.262 e. The average molecular weight is 194 g/mol. The largest absolute Gasteiger partial charge is 0.366 e. The standard InChI is InChI=1S/C8H6N2O4/c9-6(12)2-1-5(11)4-3-7(13)10-8(4)14/h1-3H,(H2,9,12)(H,10,13,14)/b2-1-. The van der Waals surface area contributed by atoms with Crippen molar-refractivity contribution in [3.8, 4) is 0 Å². The summed E-state index contributed by atoms with van der Waals surface area (Å²) in [5.41, 5.74) is 4.44. The van der Waals surface area contributed by atoms with E-state index in [-0.39, 0.29) is 5.57 Å². The van der Waals surface area contributed by atoms with E-state index in [4.69, 9.17) is 5.73 Å². The first-order valence-corrected chi connectivity index (χ1v) is 3.59. The zero-order chi connectivity index (χ0) is 10.7. The molecule has 0 fully saturated rings. The highest BCUT2D eigenvalue weighted by atomic mass is 16.2. The van der Waals surface area contributed by atoms with Crippen LogP contribution in [0.15, 0.2) is 23.8 Å². The lowest BCUT2D eigenvalue weighted by Gasteiger charge is -1.91. The van der Waals surface area contributed by atoms with E-state index in [2.05, 4.69) is 0 Å². The molecule has 6 heteroatoms. The van der Waals surface area contributed by atoms with Crippen LogP contribution in [-0.4, -0.2) is 23.5 Å². The number of carbonyl (C=O) groups is 4. The van der Waals surface area contributed by atoms with Gasteiger partial charge in [0.15, 0.2) is 5.78 Å². The van der Waals surface area contributed by atoms with Gasteiger partial charge in [0.2, 0.25) is 5.91 Å². The highest BCUT2D eigenvalue weighted by Gasteiger charge is 2.24. The van der Waals surface area contributed by atoms with Gasteiger partial charge in [0.25, 0.3) is 11.8 Å². The van der Waals surface area contributed by atoms with E-state index in [0.717, 1.165) is 18.2 Å². The van der Waals surface area contributed by atoms with Crippen LogP contribution >= 0.6 is 0 Å². The third kappa shape index (κ3) is 2.13. The molecule has 1 aliphatic rings. The summed E-state index contributed by atoms with van der Waals surface area (Å²) in [6, 6.07) is 0. The predicted octanol–water partition coefficient (Wildman–Crippen LogP) is -1.82. The lowest BCUT2D eigenvalue weighted by Crippen LogP contribution is -2.24. The molecule has 0 aromatic carbocycles. The van der Waals surface area contributed by atoms with Crippen molar-refractivity contribution in [3.63, 3.8) is 0 Å². The van der Waals surface area contributed by atoms with Crippen LogP contribution in [0, 0.1) is 0 Å². The fourth-order valence-corrected chi connectivity index (χ4v) is 0.843. The molecule has 3 N–H and O–H groups in total. The summed E-state index contributed by atoms with van der Waals surface area (Å²) in [6.45, 7) is 0. The van der Waals surface area contributed by atoms with Crippen molar-refractivity contribution in [1.29, 1.82) is 0 Å². The minimum Gasteiger partial charge on any atom is -0.366 e. The molecule has 6 nitrogen and oxygen atoms in total. The average Bonchev–Trinajstić information content (AvgIpc) is 2.41. The van der Waals surface area contributed by atoms with E-state index in [1.807, 2.05) is 5.32 Å². The van der Waals surface area contributed by atoms with E-state index >= 15 is 0 Å². The van der Waals surface area contributed by atoms with Crippen molar-refractivity contribution >= 4 is 23.5 Å². The summed E-state index contributed by atoms with van der Waals surface area (Å²) >= 11 is 0. The summed E-state index contributed by atoms with van der Waals surface area (Å²) in [6.07, 6.45) is 2.53. The number of nitrogens with two attached hydrogens (primary N) is 1. The fraction of sp³-hybridized carbons (Fsp3) is 0. The normalized spacial score (nSPS) is 15.6. The molecular weight excluding hydrogens is 188 g/mol. The van der Waals surface area contributed by atoms with E-state index in [1.54, 1.807) is 0 Å². The molecule has 0 aromatic heterocycles. The SMILES string of the molecule is NC(=O)/C=C\C(=O)C1=CC(=O)NC1=O. The van der Waals surface area contributed by atoms with Crippen LogP contribution in [0.2, 0.25) is 0 Å². The summed E-state index contributed by atoms with van der Waals surface area (Å²) < 4.78 is 0. The van der Waals surface area contributed by atoms with Gasteiger partial charge in [-0.25, -0.2) is 0 Å². The maximum atomic E-state index is 11.1. The van der Waals surface area contributed by atoms with Crippen LogP contribution in [-0.2, 0) is 19.2 Å². The number of hydrogen-bond donors (Lipinski definition) is 2. The fourth-order valence-electron chi connectivity index (χ4n) is 0.843. The van der Waals surface area contributed by atoms with Crippen molar-refractivity contribution in [1.82, 2.24) is 5.32 Å². The van der Waals surface area contributed by atoms with E-state index in [1.165, 1.54) is 0 Å². The van der Waals surface area contributed by atoms with Crippen molar-refractivity contribution in [2.75, 3.05) is 0 Å². The Morgan fingerprint density at radius 1 is 1.29 bits per heavy atom. The Bertz CT molecular complexity index is 392. The number of allylic oxidation sites excluding steroid dienone is 1. The van der Waals surface area contributed by atoms with Gasteiger partial charge in [0, 0.05) is 12.2 Å². The van der Waals surface area contributed by atoms with Gasteiger partial charge < -0.3 is 5.73 Å². The molecule has 0 aromatic rings. The van der Waals surface area contributed by atoms with Crippen molar-refractivity contribution < 1.29 is 19.2 Å². The van der Waals surface area contributed by atoms with Crippen LogP contribution in [0.1, 0.15) is 0 Å². The van der Waals surface area contributed by atoms with Gasteiger partial charge in [0.05, 0.1) is 5.57 Å². The molecular formula is C8H6N2O4.